The van der Waals surface area contributed by atoms with E-state index in [9.17, 15) is 10.2 Å². The van der Waals surface area contributed by atoms with Gasteiger partial charge in [-0.05, 0) is 119 Å². The van der Waals surface area contributed by atoms with Crippen LogP contribution in [0.2, 0.25) is 0 Å². The van der Waals surface area contributed by atoms with Crippen molar-refractivity contribution in [1.82, 2.24) is 0 Å². The fourth-order valence-electron chi connectivity index (χ4n) is 6.03. The van der Waals surface area contributed by atoms with Crippen LogP contribution >= 0.6 is 0 Å². The van der Waals surface area contributed by atoms with Crippen molar-refractivity contribution in [3.8, 4) is 0 Å². The molecule has 0 saturated carbocycles. The summed E-state index contributed by atoms with van der Waals surface area (Å²) in [5.74, 6) is 0.652. The Morgan fingerprint density at radius 2 is 1.17 bits per heavy atom. The smallest absolute Gasteiger partial charge is 0.0657 e. The van der Waals surface area contributed by atoms with Crippen molar-refractivity contribution in [3.05, 3.63) is 166 Å². The van der Waals surface area contributed by atoms with E-state index >= 15 is 0 Å². The van der Waals surface area contributed by atoms with Crippen molar-refractivity contribution in [2.24, 2.45) is 17.3 Å². The first-order chi connectivity index (χ1) is 24.4. The van der Waals surface area contributed by atoms with E-state index in [0.717, 1.165) is 30.4 Å². The molecular weight excluding hydrogens is 633 g/mol. The first-order valence-corrected chi connectivity index (χ1v) is 19.1. The standard InChI is InChI=1S/C50H72O2/c1-38(2)27-32-47(50(12,13)52)34-28-42(6)25-18-24-41(5)23-16-21-39(3)19-14-15-20-40(4)22-17-26-43(7)30-36-48-45(9)31-35-46(49(48,10)11)33-29-44(8)37-51/h14-30,34,36,46-47,51-52H,31-33,35,37H2,1-13H3/b15-14+,21-16+,22-17+,24-18+,34-28+,36-30+,39-19+,40-20+,41-23+,42-25+,43-26+,44-29+/t46?,47-/m0/s1. The molecule has 0 radical (unpaired) electrons. The summed E-state index contributed by atoms with van der Waals surface area (Å²) in [4.78, 5) is 0. The molecule has 52 heavy (non-hydrogen) atoms. The third-order valence-electron chi connectivity index (χ3n) is 9.82. The van der Waals surface area contributed by atoms with E-state index in [4.69, 9.17) is 0 Å². The molecule has 0 spiro atoms. The molecule has 1 aliphatic rings. The molecule has 0 fully saturated rings. The predicted molar refractivity (Wildman–Crippen MR) is 232 cm³/mol. The highest BCUT2D eigenvalue weighted by molar-refractivity contribution is 5.38. The van der Waals surface area contributed by atoms with E-state index in [1.54, 1.807) is 0 Å². The van der Waals surface area contributed by atoms with Gasteiger partial charge in [-0.25, -0.2) is 0 Å². The van der Waals surface area contributed by atoms with Crippen molar-refractivity contribution in [2.75, 3.05) is 6.61 Å². The Morgan fingerprint density at radius 1 is 0.712 bits per heavy atom. The minimum atomic E-state index is -0.759. The van der Waals surface area contributed by atoms with Crippen LogP contribution in [0.4, 0.5) is 0 Å². The summed E-state index contributed by atoms with van der Waals surface area (Å²) >= 11 is 0. The molecule has 284 valence electrons. The van der Waals surface area contributed by atoms with Gasteiger partial charge in [-0.3, -0.25) is 0 Å². The Balaban J connectivity index is 2.73. The number of aliphatic hydroxyl groups is 2. The summed E-state index contributed by atoms with van der Waals surface area (Å²) in [6, 6.07) is 0. The monoisotopic (exact) mass is 705 g/mol. The summed E-state index contributed by atoms with van der Waals surface area (Å²) in [5.41, 5.74) is 10.5. The molecule has 0 heterocycles. The van der Waals surface area contributed by atoms with Crippen molar-refractivity contribution in [2.45, 2.75) is 121 Å². The minimum Gasteiger partial charge on any atom is -0.392 e. The van der Waals surface area contributed by atoms with E-state index < -0.39 is 5.60 Å². The molecule has 1 rings (SSSR count). The molecule has 0 aromatic carbocycles. The maximum Gasteiger partial charge on any atom is 0.0657 e. The number of allylic oxidation sites excluding steroid dienone is 26. The Morgan fingerprint density at radius 3 is 1.63 bits per heavy atom. The second-order valence-electron chi connectivity index (χ2n) is 16.1. The van der Waals surface area contributed by atoms with Gasteiger partial charge < -0.3 is 10.2 Å². The molecule has 0 aliphatic heterocycles. The third kappa shape index (κ3) is 19.2. The predicted octanol–water partition coefficient (Wildman–Crippen LogP) is 13.9. The van der Waals surface area contributed by atoms with Gasteiger partial charge in [0.1, 0.15) is 0 Å². The van der Waals surface area contributed by atoms with Crippen molar-refractivity contribution >= 4 is 0 Å². The van der Waals surface area contributed by atoms with E-state index in [1.807, 2.05) is 20.8 Å². The lowest BCUT2D eigenvalue weighted by atomic mass is 9.64. The van der Waals surface area contributed by atoms with Gasteiger partial charge in [-0.15, -0.1) is 0 Å². The van der Waals surface area contributed by atoms with Gasteiger partial charge in [0.15, 0.2) is 0 Å². The molecule has 2 heteroatoms. The van der Waals surface area contributed by atoms with Crippen LogP contribution in [0, 0.1) is 17.3 Å². The summed E-state index contributed by atoms with van der Waals surface area (Å²) in [7, 11) is 0. The van der Waals surface area contributed by atoms with Gasteiger partial charge in [0.2, 0.25) is 0 Å². The van der Waals surface area contributed by atoms with Crippen molar-refractivity contribution in [1.29, 1.82) is 0 Å². The second-order valence-corrected chi connectivity index (χ2v) is 16.1. The zero-order chi connectivity index (χ0) is 39.3. The highest BCUT2D eigenvalue weighted by Gasteiger charge is 2.35. The molecule has 0 amide bonds. The molecule has 0 bridgehead atoms. The van der Waals surface area contributed by atoms with Gasteiger partial charge in [-0.1, -0.05) is 174 Å². The van der Waals surface area contributed by atoms with Crippen molar-refractivity contribution < 1.29 is 10.2 Å². The number of rotatable bonds is 18. The Labute approximate surface area is 320 Å². The van der Waals surface area contributed by atoms with Crippen LogP contribution in [0.1, 0.15) is 116 Å². The average molecular weight is 705 g/mol. The van der Waals surface area contributed by atoms with Crippen LogP contribution in [0.15, 0.2) is 166 Å². The van der Waals surface area contributed by atoms with Crippen LogP contribution in [-0.2, 0) is 0 Å². The highest BCUT2D eigenvalue weighted by Crippen LogP contribution is 2.47. The number of hydrogen-bond acceptors (Lipinski definition) is 2. The third-order valence-corrected chi connectivity index (χ3v) is 9.82. The lowest BCUT2D eigenvalue weighted by Crippen LogP contribution is -2.30. The molecular formula is C50H72O2. The summed E-state index contributed by atoms with van der Waals surface area (Å²) in [6.07, 6.45) is 44.8. The van der Waals surface area contributed by atoms with E-state index in [1.165, 1.54) is 45.4 Å². The second kappa shape index (κ2) is 23.8. The zero-order valence-electron chi connectivity index (χ0n) is 35.1. The summed E-state index contributed by atoms with van der Waals surface area (Å²) < 4.78 is 0. The van der Waals surface area contributed by atoms with E-state index in [-0.39, 0.29) is 17.9 Å². The molecule has 2 N–H and O–H groups in total. The Hall–Kier alpha value is -3.72. The molecule has 2 nitrogen and oxygen atoms in total. The fourth-order valence-corrected chi connectivity index (χ4v) is 6.03. The van der Waals surface area contributed by atoms with Crippen LogP contribution in [0.3, 0.4) is 0 Å². The normalized spacial score (nSPS) is 19.9. The topological polar surface area (TPSA) is 40.5 Å². The zero-order valence-corrected chi connectivity index (χ0v) is 35.1. The Kier molecular flexibility index (Phi) is 21.2. The first-order valence-electron chi connectivity index (χ1n) is 19.1. The largest absolute Gasteiger partial charge is 0.392 e. The molecule has 0 aromatic rings. The molecule has 1 aliphatic carbocycles. The molecule has 0 aromatic heterocycles. The lowest BCUT2D eigenvalue weighted by Gasteiger charge is -2.41. The average Bonchev–Trinajstić information content (AvgIpc) is 3.05. The Bertz CT molecular complexity index is 1580. The van der Waals surface area contributed by atoms with Gasteiger partial charge in [0, 0.05) is 5.92 Å². The molecule has 1 unspecified atom stereocenters. The quantitative estimate of drug-likeness (QED) is 0.110. The van der Waals surface area contributed by atoms with Gasteiger partial charge in [0.05, 0.1) is 12.2 Å². The van der Waals surface area contributed by atoms with Crippen LogP contribution in [0.25, 0.3) is 0 Å². The van der Waals surface area contributed by atoms with Gasteiger partial charge in [-0.2, -0.15) is 0 Å². The molecule has 0 saturated heterocycles. The summed E-state index contributed by atoms with van der Waals surface area (Å²) in [6.45, 7) is 27.7. The van der Waals surface area contributed by atoms with Crippen LogP contribution < -0.4 is 0 Å². The first kappa shape index (κ1) is 46.3. The van der Waals surface area contributed by atoms with E-state index in [0.29, 0.717) is 5.92 Å². The maximum absolute atomic E-state index is 10.5. The number of aliphatic hydroxyl groups excluding tert-OH is 1. The molecule has 2 atom stereocenters. The van der Waals surface area contributed by atoms with Gasteiger partial charge >= 0.3 is 0 Å². The van der Waals surface area contributed by atoms with Gasteiger partial charge in [0.25, 0.3) is 0 Å². The number of hydrogen-bond donors (Lipinski definition) is 2. The lowest BCUT2D eigenvalue weighted by molar-refractivity contribution is 0.0380. The summed E-state index contributed by atoms with van der Waals surface area (Å²) in [5, 5.41) is 19.9. The van der Waals surface area contributed by atoms with Crippen molar-refractivity contribution in [3.63, 3.8) is 0 Å². The SMILES string of the molecule is CC(C)=CC[C@@H](/C=C/C(C)=C/C=C/C(C)=C/C=C/C(C)=C/C=C/C=C(C)/C=C/C=C(C)/C=C/C1=C(C)CCC(C/C=C(\C)CO)C1(C)C)C(C)(C)O. The van der Waals surface area contributed by atoms with E-state index in [2.05, 4.69) is 185 Å². The highest BCUT2D eigenvalue weighted by atomic mass is 16.3. The van der Waals surface area contributed by atoms with Crippen LogP contribution in [0.5, 0.6) is 0 Å². The maximum atomic E-state index is 10.5. The fraction of sp³-hybridized carbons (Fsp3) is 0.440. The van der Waals surface area contributed by atoms with Crippen LogP contribution in [-0.4, -0.2) is 22.4 Å². The minimum absolute atomic E-state index is 0.0723.